The Morgan fingerprint density at radius 3 is 2.64 bits per heavy atom. The number of rotatable bonds is 3. The molecule has 5 heteroatoms. The van der Waals surface area contributed by atoms with Gasteiger partial charge in [0.05, 0.1) is 15.7 Å². The molecule has 3 nitrogen and oxygen atoms in total. The summed E-state index contributed by atoms with van der Waals surface area (Å²) >= 11 is 11.7. The van der Waals surface area contributed by atoms with E-state index in [9.17, 15) is 0 Å². The maximum atomic E-state index is 5.99. The fourth-order valence-electron chi connectivity index (χ4n) is 1.08. The normalized spacial score (nSPS) is 15.2. The molecule has 2 N–H and O–H groups in total. The smallest absolute Gasteiger partial charge is 0.120 e. The van der Waals surface area contributed by atoms with Gasteiger partial charge >= 0.3 is 0 Å². The van der Waals surface area contributed by atoms with Gasteiger partial charge in [-0.05, 0) is 13.0 Å². The summed E-state index contributed by atoms with van der Waals surface area (Å²) in [6, 6.07) is 1.62. The number of hydrogen-bond donors (Lipinski definition) is 1. The quantitative estimate of drug-likeness (QED) is 0.873. The van der Waals surface area contributed by atoms with Crippen LogP contribution in [0.1, 0.15) is 12.6 Å². The minimum absolute atomic E-state index is 0.303. The van der Waals surface area contributed by atoms with Crippen LogP contribution >= 0.6 is 23.2 Å². The van der Waals surface area contributed by atoms with Crippen molar-refractivity contribution in [1.29, 1.82) is 0 Å². The zero-order chi connectivity index (χ0) is 10.8. The van der Waals surface area contributed by atoms with Gasteiger partial charge in [-0.15, -0.1) is 0 Å². The maximum Gasteiger partial charge on any atom is 0.120 e. The van der Waals surface area contributed by atoms with Gasteiger partial charge in [0.25, 0.3) is 0 Å². The lowest BCUT2D eigenvalue weighted by Crippen LogP contribution is -2.35. The molecule has 0 aromatic carbocycles. The standard InChI is InChI=1S/C9H12Cl2N2O/c1-9(5-12,14-2)8-7(11)3-6(10)4-13-8/h3-4H,5,12H2,1-2H3. The first-order valence-corrected chi connectivity index (χ1v) is 4.86. The fourth-order valence-corrected chi connectivity index (χ4v) is 1.66. The highest BCUT2D eigenvalue weighted by Gasteiger charge is 2.28. The average Bonchev–Trinajstić information content (AvgIpc) is 2.17. The molecule has 0 aliphatic rings. The SMILES string of the molecule is COC(C)(CN)c1ncc(Cl)cc1Cl. The van der Waals surface area contributed by atoms with E-state index in [1.165, 1.54) is 6.20 Å². The molecule has 1 heterocycles. The van der Waals surface area contributed by atoms with Gasteiger partial charge in [-0.2, -0.15) is 0 Å². The molecule has 78 valence electrons. The van der Waals surface area contributed by atoms with Crippen LogP contribution in [0.25, 0.3) is 0 Å². The molecular formula is C9H12Cl2N2O. The number of pyridine rings is 1. The summed E-state index contributed by atoms with van der Waals surface area (Å²) in [7, 11) is 1.57. The molecule has 1 aromatic heterocycles. The van der Waals surface area contributed by atoms with Crippen LogP contribution in [0.15, 0.2) is 12.3 Å². The summed E-state index contributed by atoms with van der Waals surface area (Å²) in [5, 5.41) is 0.960. The van der Waals surface area contributed by atoms with Gasteiger partial charge in [0.1, 0.15) is 5.60 Å². The molecule has 0 aliphatic carbocycles. The van der Waals surface area contributed by atoms with E-state index in [4.69, 9.17) is 33.7 Å². The monoisotopic (exact) mass is 234 g/mol. The van der Waals surface area contributed by atoms with Gasteiger partial charge in [0.15, 0.2) is 0 Å². The first-order valence-electron chi connectivity index (χ1n) is 4.10. The number of nitrogens with zero attached hydrogens (tertiary/aromatic N) is 1. The second-order valence-corrected chi connectivity index (χ2v) is 3.97. The van der Waals surface area contributed by atoms with Gasteiger partial charge in [-0.25, -0.2) is 0 Å². The molecule has 0 spiro atoms. The highest BCUT2D eigenvalue weighted by atomic mass is 35.5. The van der Waals surface area contributed by atoms with Crippen molar-refractivity contribution in [2.45, 2.75) is 12.5 Å². The van der Waals surface area contributed by atoms with Crippen LogP contribution in [0.5, 0.6) is 0 Å². The highest BCUT2D eigenvalue weighted by molar-refractivity contribution is 6.34. The highest BCUT2D eigenvalue weighted by Crippen LogP contribution is 2.29. The Balaban J connectivity index is 3.17. The molecule has 0 saturated carbocycles. The minimum Gasteiger partial charge on any atom is -0.371 e. The number of aromatic nitrogens is 1. The zero-order valence-electron chi connectivity index (χ0n) is 8.05. The van der Waals surface area contributed by atoms with Gasteiger partial charge in [0.2, 0.25) is 0 Å². The molecule has 0 saturated heterocycles. The van der Waals surface area contributed by atoms with Crippen molar-refractivity contribution in [3.05, 3.63) is 28.0 Å². The summed E-state index contributed by atoms with van der Waals surface area (Å²) in [5.74, 6) is 0. The van der Waals surface area contributed by atoms with Crippen molar-refractivity contribution in [3.8, 4) is 0 Å². The van der Waals surface area contributed by atoms with Crippen LogP contribution in [-0.2, 0) is 10.3 Å². The lowest BCUT2D eigenvalue weighted by atomic mass is 10.0. The number of nitrogens with two attached hydrogens (primary N) is 1. The molecule has 0 amide bonds. The van der Waals surface area contributed by atoms with E-state index in [0.717, 1.165) is 0 Å². The lowest BCUT2D eigenvalue weighted by Gasteiger charge is -2.26. The van der Waals surface area contributed by atoms with Crippen molar-refractivity contribution < 1.29 is 4.74 Å². The summed E-state index contributed by atoms with van der Waals surface area (Å²) in [6.45, 7) is 2.13. The van der Waals surface area contributed by atoms with Crippen molar-refractivity contribution in [2.75, 3.05) is 13.7 Å². The second-order valence-electron chi connectivity index (χ2n) is 3.12. The van der Waals surface area contributed by atoms with Crippen LogP contribution in [0.3, 0.4) is 0 Å². The van der Waals surface area contributed by atoms with Gasteiger partial charge in [-0.3, -0.25) is 4.98 Å². The van der Waals surface area contributed by atoms with E-state index in [1.807, 2.05) is 6.92 Å². The summed E-state index contributed by atoms with van der Waals surface area (Å²) in [4.78, 5) is 4.12. The Morgan fingerprint density at radius 1 is 1.57 bits per heavy atom. The average molecular weight is 235 g/mol. The molecule has 1 aromatic rings. The molecule has 14 heavy (non-hydrogen) atoms. The first-order chi connectivity index (χ1) is 6.53. The maximum absolute atomic E-state index is 5.99. The molecule has 0 bridgehead atoms. The first kappa shape index (κ1) is 11.7. The summed E-state index contributed by atoms with van der Waals surface area (Å²) in [5.41, 5.74) is 5.54. The molecular weight excluding hydrogens is 223 g/mol. The third kappa shape index (κ3) is 2.17. The minimum atomic E-state index is -0.665. The van der Waals surface area contributed by atoms with Crippen molar-refractivity contribution >= 4 is 23.2 Å². The van der Waals surface area contributed by atoms with Gasteiger partial charge < -0.3 is 10.5 Å². The van der Waals surface area contributed by atoms with Crippen molar-refractivity contribution in [1.82, 2.24) is 4.98 Å². The topological polar surface area (TPSA) is 48.1 Å². The Morgan fingerprint density at radius 2 is 2.21 bits per heavy atom. The Labute approximate surface area is 93.2 Å². The van der Waals surface area contributed by atoms with Crippen LogP contribution in [0.2, 0.25) is 10.0 Å². The number of methoxy groups -OCH3 is 1. The van der Waals surface area contributed by atoms with Crippen LogP contribution < -0.4 is 5.73 Å². The largest absolute Gasteiger partial charge is 0.371 e. The Hall–Kier alpha value is -0.350. The van der Waals surface area contributed by atoms with Gasteiger partial charge in [0, 0.05) is 19.9 Å². The number of hydrogen-bond acceptors (Lipinski definition) is 3. The molecule has 1 atom stereocenters. The molecule has 0 radical (unpaired) electrons. The van der Waals surface area contributed by atoms with Crippen LogP contribution in [0, 0.1) is 0 Å². The molecule has 0 aliphatic heterocycles. The van der Waals surface area contributed by atoms with Crippen LogP contribution in [-0.4, -0.2) is 18.6 Å². The predicted octanol–water partition coefficient (Wildman–Crippen LogP) is 2.21. The second kappa shape index (κ2) is 4.45. The molecule has 0 fully saturated rings. The predicted molar refractivity (Wildman–Crippen MR) is 57.7 cm³/mol. The van der Waals surface area contributed by atoms with E-state index in [0.29, 0.717) is 22.3 Å². The van der Waals surface area contributed by atoms with E-state index in [1.54, 1.807) is 13.2 Å². The third-order valence-electron chi connectivity index (χ3n) is 2.15. The van der Waals surface area contributed by atoms with E-state index >= 15 is 0 Å². The number of halogens is 2. The van der Waals surface area contributed by atoms with E-state index < -0.39 is 5.60 Å². The lowest BCUT2D eigenvalue weighted by molar-refractivity contribution is 0.00651. The van der Waals surface area contributed by atoms with Gasteiger partial charge in [-0.1, -0.05) is 23.2 Å². The van der Waals surface area contributed by atoms with E-state index in [2.05, 4.69) is 4.98 Å². The van der Waals surface area contributed by atoms with Crippen molar-refractivity contribution in [2.24, 2.45) is 5.73 Å². The third-order valence-corrected chi connectivity index (χ3v) is 2.64. The number of ether oxygens (including phenoxy) is 1. The fraction of sp³-hybridized carbons (Fsp3) is 0.444. The van der Waals surface area contributed by atoms with Crippen LogP contribution in [0.4, 0.5) is 0 Å². The van der Waals surface area contributed by atoms with Crippen molar-refractivity contribution in [3.63, 3.8) is 0 Å². The molecule has 1 unspecified atom stereocenters. The Kier molecular flexibility index (Phi) is 3.72. The summed E-state index contributed by atoms with van der Waals surface area (Å²) in [6.07, 6.45) is 1.52. The molecule has 1 rings (SSSR count). The van der Waals surface area contributed by atoms with E-state index in [-0.39, 0.29) is 0 Å². The summed E-state index contributed by atoms with van der Waals surface area (Å²) < 4.78 is 5.28. The Bertz CT molecular complexity index is 327. The zero-order valence-corrected chi connectivity index (χ0v) is 9.56.